The fourth-order valence-corrected chi connectivity index (χ4v) is 2.96. The van der Waals surface area contributed by atoms with E-state index in [9.17, 15) is 4.79 Å². The van der Waals surface area contributed by atoms with Gasteiger partial charge in [0.2, 0.25) is 0 Å². The Labute approximate surface area is 162 Å². The summed E-state index contributed by atoms with van der Waals surface area (Å²) in [6.45, 7) is 7.35. The number of aliphatic imine (C=N–C) groups is 1. The van der Waals surface area contributed by atoms with Crippen molar-refractivity contribution in [3.8, 4) is 0 Å². The molecule has 1 amide bonds. The molecule has 0 bridgehead atoms. The first-order chi connectivity index (χ1) is 13.2. The molecular formula is C20H32N4O3. The third-order valence-electron chi connectivity index (χ3n) is 4.44. The second-order valence-electron chi connectivity index (χ2n) is 6.35. The predicted molar refractivity (Wildman–Crippen MR) is 107 cm³/mol. The second kappa shape index (κ2) is 12.2. The Balaban J connectivity index is 1.56. The summed E-state index contributed by atoms with van der Waals surface area (Å²) in [5.41, 5.74) is 1.30. The van der Waals surface area contributed by atoms with Gasteiger partial charge in [0.1, 0.15) is 0 Å². The average Bonchev–Trinajstić information content (AvgIpc) is 2.71. The first kappa shape index (κ1) is 21.0. The lowest BCUT2D eigenvalue weighted by Crippen LogP contribution is -2.54. The molecule has 0 saturated carbocycles. The van der Waals surface area contributed by atoms with Crippen LogP contribution in [0, 0.1) is 0 Å². The van der Waals surface area contributed by atoms with Crippen LogP contribution in [0.2, 0.25) is 0 Å². The largest absolute Gasteiger partial charge is 0.450 e. The molecule has 1 saturated heterocycles. The minimum Gasteiger partial charge on any atom is -0.450 e. The summed E-state index contributed by atoms with van der Waals surface area (Å²) in [4.78, 5) is 20.0. The number of carbonyl (C=O) groups excluding carboxylic acids is 1. The van der Waals surface area contributed by atoms with Gasteiger partial charge in [-0.2, -0.15) is 0 Å². The molecule has 27 heavy (non-hydrogen) atoms. The van der Waals surface area contributed by atoms with E-state index in [1.54, 1.807) is 11.9 Å². The SMILES string of the molecule is CCOC(=O)N1CCN(C(=NC)NCCCOCCc2ccccc2)CC1. The lowest BCUT2D eigenvalue weighted by Gasteiger charge is -2.35. The van der Waals surface area contributed by atoms with Crippen molar-refractivity contribution in [2.24, 2.45) is 4.99 Å². The number of rotatable bonds is 8. The number of piperazine rings is 1. The summed E-state index contributed by atoms with van der Waals surface area (Å²) >= 11 is 0. The van der Waals surface area contributed by atoms with Gasteiger partial charge >= 0.3 is 6.09 Å². The van der Waals surface area contributed by atoms with E-state index < -0.39 is 0 Å². The molecule has 0 spiro atoms. The van der Waals surface area contributed by atoms with Gasteiger partial charge in [-0.05, 0) is 25.3 Å². The maximum Gasteiger partial charge on any atom is 0.409 e. The standard InChI is InChI=1S/C20H32N4O3/c1-3-27-20(25)24-14-12-23(13-15-24)19(21-2)22-11-7-16-26-17-10-18-8-5-4-6-9-18/h4-6,8-9H,3,7,10-17H2,1-2H3,(H,21,22). The maximum absolute atomic E-state index is 11.8. The lowest BCUT2D eigenvalue weighted by atomic mass is 10.2. The van der Waals surface area contributed by atoms with Crippen molar-refractivity contribution in [3.05, 3.63) is 35.9 Å². The molecule has 2 rings (SSSR count). The number of benzene rings is 1. The van der Waals surface area contributed by atoms with Gasteiger partial charge < -0.3 is 24.6 Å². The zero-order valence-corrected chi connectivity index (χ0v) is 16.5. The highest BCUT2D eigenvalue weighted by Crippen LogP contribution is 2.04. The highest BCUT2D eigenvalue weighted by Gasteiger charge is 2.23. The number of hydrogen-bond acceptors (Lipinski definition) is 4. The minimum absolute atomic E-state index is 0.229. The smallest absolute Gasteiger partial charge is 0.409 e. The highest BCUT2D eigenvalue weighted by atomic mass is 16.6. The number of carbonyl (C=O) groups is 1. The zero-order chi connectivity index (χ0) is 19.3. The maximum atomic E-state index is 11.8. The van der Waals surface area contributed by atoms with Crippen LogP contribution in [0.4, 0.5) is 4.79 Å². The summed E-state index contributed by atoms with van der Waals surface area (Å²) in [5.74, 6) is 0.878. The van der Waals surface area contributed by atoms with Gasteiger partial charge in [0.25, 0.3) is 0 Å². The fourth-order valence-electron chi connectivity index (χ4n) is 2.96. The number of nitrogens with one attached hydrogen (secondary N) is 1. The number of hydrogen-bond donors (Lipinski definition) is 1. The van der Waals surface area contributed by atoms with E-state index >= 15 is 0 Å². The Hall–Kier alpha value is -2.28. The number of amides is 1. The summed E-state index contributed by atoms with van der Waals surface area (Å²) in [6.07, 6.45) is 1.64. The van der Waals surface area contributed by atoms with Crippen LogP contribution >= 0.6 is 0 Å². The Morgan fingerprint density at radius 3 is 2.48 bits per heavy atom. The van der Waals surface area contributed by atoms with Crippen LogP contribution < -0.4 is 5.32 Å². The van der Waals surface area contributed by atoms with E-state index in [0.717, 1.165) is 51.6 Å². The molecular weight excluding hydrogens is 344 g/mol. The van der Waals surface area contributed by atoms with Gasteiger partial charge in [-0.1, -0.05) is 30.3 Å². The lowest BCUT2D eigenvalue weighted by molar-refractivity contribution is 0.0913. The van der Waals surface area contributed by atoms with Gasteiger partial charge in [-0.15, -0.1) is 0 Å². The van der Waals surface area contributed by atoms with Crippen molar-refractivity contribution in [3.63, 3.8) is 0 Å². The van der Waals surface area contributed by atoms with E-state index in [0.29, 0.717) is 19.7 Å². The van der Waals surface area contributed by atoms with Gasteiger partial charge in [-0.25, -0.2) is 4.79 Å². The molecule has 1 N–H and O–H groups in total. The molecule has 1 fully saturated rings. The minimum atomic E-state index is -0.229. The molecule has 0 radical (unpaired) electrons. The number of nitrogens with zero attached hydrogens (tertiary/aromatic N) is 3. The molecule has 0 unspecified atom stereocenters. The molecule has 1 aromatic carbocycles. The van der Waals surface area contributed by atoms with Gasteiger partial charge in [0.15, 0.2) is 5.96 Å². The third kappa shape index (κ3) is 7.46. The summed E-state index contributed by atoms with van der Waals surface area (Å²) in [7, 11) is 1.79. The highest BCUT2D eigenvalue weighted by molar-refractivity contribution is 5.80. The molecule has 0 atom stereocenters. The van der Waals surface area contributed by atoms with Crippen molar-refractivity contribution < 1.29 is 14.3 Å². The van der Waals surface area contributed by atoms with Crippen LogP contribution in [0.25, 0.3) is 0 Å². The Kier molecular flexibility index (Phi) is 9.48. The van der Waals surface area contributed by atoms with Crippen molar-refractivity contribution in [2.75, 3.05) is 59.6 Å². The topological polar surface area (TPSA) is 66.4 Å². The molecule has 1 heterocycles. The third-order valence-corrected chi connectivity index (χ3v) is 4.44. The molecule has 1 aromatic rings. The summed E-state index contributed by atoms with van der Waals surface area (Å²) in [5, 5.41) is 3.38. The van der Waals surface area contributed by atoms with Crippen LogP contribution in [0.1, 0.15) is 18.9 Å². The van der Waals surface area contributed by atoms with Crippen molar-refractivity contribution in [1.82, 2.24) is 15.1 Å². The van der Waals surface area contributed by atoms with Crippen molar-refractivity contribution >= 4 is 12.1 Å². The molecule has 0 aromatic heterocycles. The van der Waals surface area contributed by atoms with Crippen LogP contribution in [0.3, 0.4) is 0 Å². The van der Waals surface area contributed by atoms with Gasteiger partial charge in [0.05, 0.1) is 13.2 Å². The van der Waals surface area contributed by atoms with E-state index in [2.05, 4.69) is 39.5 Å². The van der Waals surface area contributed by atoms with Gasteiger partial charge in [0, 0.05) is 46.4 Å². The van der Waals surface area contributed by atoms with Crippen LogP contribution in [-0.4, -0.2) is 81.4 Å². The molecule has 0 aliphatic carbocycles. The predicted octanol–water partition coefficient (Wildman–Crippen LogP) is 1.99. The zero-order valence-electron chi connectivity index (χ0n) is 16.5. The van der Waals surface area contributed by atoms with Crippen LogP contribution in [0.15, 0.2) is 35.3 Å². The molecule has 7 nitrogen and oxygen atoms in total. The first-order valence-electron chi connectivity index (χ1n) is 9.73. The quantitative estimate of drug-likeness (QED) is 0.427. The van der Waals surface area contributed by atoms with E-state index in [1.165, 1.54) is 5.56 Å². The number of guanidine groups is 1. The summed E-state index contributed by atoms with van der Waals surface area (Å²) in [6, 6.07) is 10.4. The Morgan fingerprint density at radius 2 is 1.81 bits per heavy atom. The van der Waals surface area contributed by atoms with Gasteiger partial charge in [-0.3, -0.25) is 4.99 Å². The molecule has 150 valence electrons. The van der Waals surface area contributed by atoms with E-state index in [1.807, 2.05) is 13.0 Å². The Morgan fingerprint density at radius 1 is 1.11 bits per heavy atom. The second-order valence-corrected chi connectivity index (χ2v) is 6.35. The Bertz CT molecular complexity index is 572. The molecule has 1 aliphatic rings. The van der Waals surface area contributed by atoms with Crippen molar-refractivity contribution in [1.29, 1.82) is 0 Å². The molecule has 1 aliphatic heterocycles. The fraction of sp³-hybridized carbons (Fsp3) is 0.600. The van der Waals surface area contributed by atoms with Crippen molar-refractivity contribution in [2.45, 2.75) is 19.8 Å². The average molecular weight is 377 g/mol. The van der Waals surface area contributed by atoms with E-state index in [4.69, 9.17) is 9.47 Å². The van der Waals surface area contributed by atoms with Crippen LogP contribution in [0.5, 0.6) is 0 Å². The first-order valence-corrected chi connectivity index (χ1v) is 9.73. The normalized spacial score (nSPS) is 15.0. The monoisotopic (exact) mass is 376 g/mol. The number of ether oxygens (including phenoxy) is 2. The van der Waals surface area contributed by atoms with Crippen LogP contribution in [-0.2, 0) is 15.9 Å². The van der Waals surface area contributed by atoms with E-state index in [-0.39, 0.29) is 6.09 Å². The molecule has 7 heteroatoms. The summed E-state index contributed by atoms with van der Waals surface area (Å²) < 4.78 is 10.8.